The Balaban J connectivity index is 1.51. The fraction of sp³-hybridized carbons (Fsp3) is 0.654. The smallest absolute Gasteiger partial charge is 0.267 e. The van der Waals surface area contributed by atoms with E-state index in [2.05, 4.69) is 33.2 Å². The van der Waals surface area contributed by atoms with E-state index in [1.807, 2.05) is 13.8 Å². The molecule has 1 aliphatic carbocycles. The molecule has 4 rings (SSSR count). The summed E-state index contributed by atoms with van der Waals surface area (Å²) in [6.07, 6.45) is 6.79. The molecule has 1 saturated carbocycles. The third kappa shape index (κ3) is 5.24. The van der Waals surface area contributed by atoms with E-state index in [-0.39, 0.29) is 30.3 Å². The van der Waals surface area contributed by atoms with Crippen LogP contribution in [0.3, 0.4) is 0 Å². The summed E-state index contributed by atoms with van der Waals surface area (Å²) in [5, 5.41) is 13.3. The highest BCUT2D eigenvalue weighted by Crippen LogP contribution is 2.57. The molecule has 1 N–H and O–H groups in total. The molecule has 0 bridgehead atoms. The van der Waals surface area contributed by atoms with Crippen molar-refractivity contribution >= 4 is 15.1 Å². The van der Waals surface area contributed by atoms with E-state index >= 15 is 4.39 Å². The number of carbonyl (C=O) groups excluding carboxylic acids is 1. The number of hydrogen-bond acceptors (Lipinski definition) is 6. The number of nitrogens with zero attached hydrogens (tertiary/aromatic N) is 3. The number of ether oxygens (including phenoxy) is 1. The number of aliphatic hydroxyl groups is 1. The number of likely N-dealkylation sites (tertiary alicyclic amines) is 1. The molecule has 1 aliphatic heterocycles. The van der Waals surface area contributed by atoms with Gasteiger partial charge in [0.15, 0.2) is 5.76 Å². The van der Waals surface area contributed by atoms with Gasteiger partial charge in [-0.1, -0.05) is 48.5 Å². The molecular formula is C26H37FN3O4P. The van der Waals surface area contributed by atoms with Crippen molar-refractivity contribution < 1.29 is 23.6 Å². The molecule has 2 aromatic heterocycles. The summed E-state index contributed by atoms with van der Waals surface area (Å²) in [6, 6.07) is 4.91. The van der Waals surface area contributed by atoms with Crippen molar-refractivity contribution in [3.63, 3.8) is 0 Å². The van der Waals surface area contributed by atoms with Crippen molar-refractivity contribution in [3.8, 4) is 5.75 Å². The van der Waals surface area contributed by atoms with Gasteiger partial charge >= 0.3 is 0 Å². The van der Waals surface area contributed by atoms with Crippen molar-refractivity contribution in [1.82, 2.24) is 15.0 Å². The van der Waals surface area contributed by atoms with Crippen LogP contribution in [0.2, 0.25) is 0 Å². The summed E-state index contributed by atoms with van der Waals surface area (Å²) < 4.78 is 27.6. The minimum absolute atomic E-state index is 0.167. The number of halogens is 1. The van der Waals surface area contributed by atoms with Crippen LogP contribution in [-0.2, 0) is 11.4 Å². The van der Waals surface area contributed by atoms with Gasteiger partial charge in [0.05, 0.1) is 12.2 Å². The fourth-order valence-corrected chi connectivity index (χ4v) is 6.58. The van der Waals surface area contributed by atoms with Gasteiger partial charge in [-0.3, -0.25) is 9.78 Å². The maximum absolute atomic E-state index is 16.5. The Bertz CT molecular complexity index is 1050. The van der Waals surface area contributed by atoms with Crippen molar-refractivity contribution in [2.24, 2.45) is 10.8 Å². The summed E-state index contributed by atoms with van der Waals surface area (Å²) >= 11 is 0. The maximum Gasteiger partial charge on any atom is 0.267 e. The molecule has 9 heteroatoms. The molecule has 2 fully saturated rings. The molecule has 5 atom stereocenters. The average Bonchev–Trinajstić information content (AvgIpc) is 3.45. The third-order valence-corrected chi connectivity index (χ3v) is 8.47. The highest BCUT2D eigenvalue weighted by molar-refractivity contribution is 7.20. The predicted molar refractivity (Wildman–Crippen MR) is 133 cm³/mol. The van der Waals surface area contributed by atoms with Crippen LogP contribution in [0.4, 0.5) is 4.39 Å². The Morgan fingerprint density at radius 2 is 2.14 bits per heavy atom. The van der Waals surface area contributed by atoms with Gasteiger partial charge in [0.2, 0.25) is 5.41 Å². The van der Waals surface area contributed by atoms with E-state index in [9.17, 15) is 9.90 Å². The lowest BCUT2D eigenvalue weighted by atomic mass is 9.57. The summed E-state index contributed by atoms with van der Waals surface area (Å²) in [5.74, 6) is 0.405. The molecule has 2 aliphatic rings. The number of amides is 1. The van der Waals surface area contributed by atoms with Crippen LogP contribution in [0.5, 0.6) is 5.75 Å². The van der Waals surface area contributed by atoms with Crippen LogP contribution >= 0.6 is 9.24 Å². The highest BCUT2D eigenvalue weighted by atomic mass is 31.0. The van der Waals surface area contributed by atoms with Crippen molar-refractivity contribution in [3.05, 3.63) is 42.0 Å². The molecule has 1 saturated heterocycles. The molecular weight excluding hydrogens is 468 g/mol. The first-order valence-corrected chi connectivity index (χ1v) is 13.0. The summed E-state index contributed by atoms with van der Waals surface area (Å²) in [5.41, 5.74) is -1.74. The molecule has 192 valence electrons. The molecule has 2 aromatic rings. The summed E-state index contributed by atoms with van der Waals surface area (Å²) in [7, 11) is 2.07. The van der Waals surface area contributed by atoms with Gasteiger partial charge < -0.3 is 19.3 Å². The van der Waals surface area contributed by atoms with Crippen molar-refractivity contribution in [2.45, 2.75) is 89.9 Å². The zero-order valence-corrected chi connectivity index (χ0v) is 22.2. The Labute approximate surface area is 209 Å². The van der Waals surface area contributed by atoms with Gasteiger partial charge in [-0.05, 0) is 55.1 Å². The lowest BCUT2D eigenvalue weighted by molar-refractivity contribution is -0.174. The van der Waals surface area contributed by atoms with E-state index in [0.29, 0.717) is 30.2 Å². The standard InChI is InChI=1S/C26H37FN3O4P/c1-5-24(4)15-23(2,3)16-25(32,17-24)26(27,35)22(31)30-11-7-9-21(30)20-12-19(34-29-20)14-33-18-8-6-10-28-13-18/h6,8,10,12-13,21,32H,5,7,9,11,14-17,35H2,1-4H3/t21-,24?,25?,26?/m0/s1. The van der Waals surface area contributed by atoms with Crippen LogP contribution in [0.1, 0.15) is 83.7 Å². The predicted octanol–water partition coefficient (Wildman–Crippen LogP) is 5.21. The molecule has 0 radical (unpaired) electrons. The van der Waals surface area contributed by atoms with Gasteiger partial charge in [-0.15, -0.1) is 0 Å². The number of carbonyl (C=O) groups is 1. The first-order valence-electron chi connectivity index (χ1n) is 12.4. The van der Waals surface area contributed by atoms with Gasteiger partial charge in [-0.2, -0.15) is 0 Å². The quantitative estimate of drug-likeness (QED) is 0.520. The second-order valence-corrected chi connectivity index (χ2v) is 12.2. The second-order valence-electron chi connectivity index (χ2n) is 11.5. The van der Waals surface area contributed by atoms with Crippen LogP contribution < -0.4 is 4.74 Å². The topological polar surface area (TPSA) is 88.7 Å². The minimum atomic E-state index is -2.50. The highest BCUT2D eigenvalue weighted by Gasteiger charge is 2.62. The van der Waals surface area contributed by atoms with E-state index < -0.39 is 23.0 Å². The minimum Gasteiger partial charge on any atom is -0.484 e. The van der Waals surface area contributed by atoms with Crippen molar-refractivity contribution in [2.75, 3.05) is 6.54 Å². The number of alkyl halides is 1. The third-order valence-electron chi connectivity index (χ3n) is 7.69. The average molecular weight is 506 g/mol. The fourth-order valence-electron chi connectivity index (χ4n) is 6.21. The van der Waals surface area contributed by atoms with E-state index in [4.69, 9.17) is 9.26 Å². The lowest BCUT2D eigenvalue weighted by Crippen LogP contribution is -2.62. The molecule has 4 unspecified atom stereocenters. The molecule has 0 aromatic carbocycles. The molecule has 7 nitrogen and oxygen atoms in total. The first kappa shape index (κ1) is 26.0. The monoisotopic (exact) mass is 505 g/mol. The molecule has 1 amide bonds. The second kappa shape index (κ2) is 9.44. The van der Waals surface area contributed by atoms with Gasteiger partial charge in [0.1, 0.15) is 23.7 Å². The zero-order chi connectivity index (χ0) is 25.5. The first-order chi connectivity index (χ1) is 16.4. The largest absolute Gasteiger partial charge is 0.484 e. The van der Waals surface area contributed by atoms with Crippen LogP contribution in [0.15, 0.2) is 35.1 Å². The lowest BCUT2D eigenvalue weighted by Gasteiger charge is -2.54. The van der Waals surface area contributed by atoms with Crippen LogP contribution in [-0.4, -0.2) is 43.6 Å². The Morgan fingerprint density at radius 1 is 1.37 bits per heavy atom. The number of rotatable bonds is 7. The number of aromatic nitrogens is 2. The van der Waals surface area contributed by atoms with Gasteiger partial charge in [-0.25, -0.2) is 4.39 Å². The molecule has 35 heavy (non-hydrogen) atoms. The van der Waals surface area contributed by atoms with Crippen molar-refractivity contribution in [1.29, 1.82) is 0 Å². The van der Waals surface area contributed by atoms with E-state index in [1.54, 1.807) is 30.6 Å². The number of hydrogen-bond donors (Lipinski definition) is 1. The number of pyridine rings is 1. The summed E-state index contributed by atoms with van der Waals surface area (Å²) in [6.45, 7) is 8.79. The Kier molecular flexibility index (Phi) is 7.02. The normalized spacial score (nSPS) is 30.1. The maximum atomic E-state index is 16.5. The van der Waals surface area contributed by atoms with Gasteiger partial charge in [0, 0.05) is 18.8 Å². The van der Waals surface area contributed by atoms with Crippen LogP contribution in [0.25, 0.3) is 0 Å². The van der Waals surface area contributed by atoms with E-state index in [1.165, 1.54) is 4.90 Å². The molecule has 0 spiro atoms. The summed E-state index contributed by atoms with van der Waals surface area (Å²) in [4.78, 5) is 19.2. The Hall–Kier alpha value is -2.05. The van der Waals surface area contributed by atoms with Crippen LogP contribution in [0, 0.1) is 10.8 Å². The molecule has 3 heterocycles. The SMILES string of the molecule is CCC1(C)CC(C)(C)CC(O)(C(F)(P)C(=O)N2CCC[C@H]2c2cc(COc3cccnc3)on2)C1. The Morgan fingerprint density at radius 3 is 2.83 bits per heavy atom. The van der Waals surface area contributed by atoms with E-state index in [0.717, 1.165) is 19.3 Å². The zero-order valence-electron chi connectivity index (χ0n) is 21.1. The van der Waals surface area contributed by atoms with Gasteiger partial charge in [0.25, 0.3) is 5.91 Å².